The summed E-state index contributed by atoms with van der Waals surface area (Å²) < 4.78 is 26.9. The zero-order valence-corrected chi connectivity index (χ0v) is 11.9. The van der Waals surface area contributed by atoms with Crippen LogP contribution < -0.4 is 5.32 Å². The zero-order valence-electron chi connectivity index (χ0n) is 11.1. The number of carbonyl (C=O) groups is 1. The van der Waals surface area contributed by atoms with Gasteiger partial charge in [0.2, 0.25) is 0 Å². The van der Waals surface area contributed by atoms with Crippen molar-refractivity contribution in [1.29, 1.82) is 0 Å². The average molecular weight is 289 g/mol. The topological polar surface area (TPSA) is 49.3 Å². The molecule has 0 saturated heterocycles. The number of halogens is 2. The summed E-state index contributed by atoms with van der Waals surface area (Å²) in [4.78, 5) is 11.7. The van der Waals surface area contributed by atoms with Gasteiger partial charge in [-0.3, -0.25) is 4.79 Å². The van der Waals surface area contributed by atoms with E-state index in [9.17, 15) is 18.7 Å². The number of benzene rings is 1. The molecule has 1 atom stereocenters. The molecular formula is C13H17F2NO2S. The van der Waals surface area contributed by atoms with E-state index in [1.807, 2.05) is 6.26 Å². The van der Waals surface area contributed by atoms with Crippen LogP contribution in [0, 0.1) is 18.6 Å². The number of carbonyl (C=O) groups excluding carboxylic acids is 1. The minimum atomic E-state index is -1.09. The number of rotatable bonds is 5. The predicted octanol–water partition coefficient (Wildman–Crippen LogP) is 2.12. The molecule has 0 bridgehead atoms. The third kappa shape index (κ3) is 4.47. The summed E-state index contributed by atoms with van der Waals surface area (Å²) in [5, 5.41) is 12.3. The molecule has 1 aromatic carbocycles. The van der Waals surface area contributed by atoms with Gasteiger partial charge in [0.15, 0.2) is 0 Å². The minimum absolute atomic E-state index is 0.0262. The third-order valence-corrected chi connectivity index (χ3v) is 3.49. The molecule has 1 amide bonds. The summed E-state index contributed by atoms with van der Waals surface area (Å²) in [7, 11) is 0. The molecular weight excluding hydrogens is 272 g/mol. The lowest BCUT2D eigenvalue weighted by Gasteiger charge is -2.22. The first kappa shape index (κ1) is 15.9. The fourth-order valence-corrected chi connectivity index (χ4v) is 2.27. The number of amides is 1. The van der Waals surface area contributed by atoms with Gasteiger partial charge in [-0.05, 0) is 37.8 Å². The molecule has 2 N–H and O–H groups in total. The predicted molar refractivity (Wildman–Crippen MR) is 72.4 cm³/mol. The number of nitrogens with one attached hydrogen (secondary N) is 1. The van der Waals surface area contributed by atoms with Crippen molar-refractivity contribution < 1.29 is 18.7 Å². The lowest BCUT2D eigenvalue weighted by molar-refractivity contribution is 0.0722. The van der Waals surface area contributed by atoms with Gasteiger partial charge in [-0.15, -0.1) is 0 Å². The maximum Gasteiger partial charge on any atom is 0.254 e. The van der Waals surface area contributed by atoms with Crippen LogP contribution in [0.3, 0.4) is 0 Å². The Bertz CT molecular complexity index is 478. The molecule has 0 radical (unpaired) electrons. The molecule has 6 heteroatoms. The van der Waals surface area contributed by atoms with Crippen LogP contribution in [-0.2, 0) is 0 Å². The van der Waals surface area contributed by atoms with Crippen molar-refractivity contribution >= 4 is 17.7 Å². The van der Waals surface area contributed by atoms with E-state index in [0.717, 1.165) is 12.1 Å². The Morgan fingerprint density at radius 2 is 2.05 bits per heavy atom. The smallest absolute Gasteiger partial charge is 0.254 e. The van der Waals surface area contributed by atoms with Gasteiger partial charge in [-0.1, -0.05) is 0 Å². The van der Waals surface area contributed by atoms with Crippen molar-refractivity contribution in [2.75, 3.05) is 18.6 Å². The fourth-order valence-electron chi connectivity index (χ4n) is 1.55. The van der Waals surface area contributed by atoms with E-state index in [0.29, 0.717) is 5.75 Å². The molecule has 1 rings (SSSR count). The second kappa shape index (κ2) is 6.34. The molecule has 0 aliphatic heterocycles. The molecule has 0 aromatic heterocycles. The van der Waals surface area contributed by atoms with Gasteiger partial charge in [-0.25, -0.2) is 8.78 Å². The van der Waals surface area contributed by atoms with Crippen LogP contribution in [0.5, 0.6) is 0 Å². The first-order chi connectivity index (χ1) is 8.76. The molecule has 0 saturated carbocycles. The average Bonchev–Trinajstić information content (AvgIpc) is 2.31. The number of hydrogen-bond acceptors (Lipinski definition) is 3. The monoisotopic (exact) mass is 289 g/mol. The van der Waals surface area contributed by atoms with E-state index in [2.05, 4.69) is 5.32 Å². The number of aryl methyl sites for hydroxylation is 1. The van der Waals surface area contributed by atoms with Gasteiger partial charge < -0.3 is 10.4 Å². The molecule has 19 heavy (non-hydrogen) atoms. The van der Waals surface area contributed by atoms with Gasteiger partial charge in [0.1, 0.15) is 11.6 Å². The van der Waals surface area contributed by atoms with Crippen LogP contribution in [-0.4, -0.2) is 35.2 Å². The Kier molecular flexibility index (Phi) is 5.31. The molecule has 0 spiro atoms. The Balaban J connectivity index is 2.77. The minimum Gasteiger partial charge on any atom is -0.387 e. The van der Waals surface area contributed by atoms with Crippen molar-refractivity contribution in [3.05, 3.63) is 34.9 Å². The van der Waals surface area contributed by atoms with Gasteiger partial charge in [0, 0.05) is 12.3 Å². The van der Waals surface area contributed by atoms with Crippen LogP contribution in [0.2, 0.25) is 0 Å². The first-order valence-corrected chi connectivity index (χ1v) is 7.11. The molecule has 1 aromatic rings. The highest BCUT2D eigenvalue weighted by Gasteiger charge is 2.22. The van der Waals surface area contributed by atoms with E-state index in [1.54, 1.807) is 6.92 Å². The van der Waals surface area contributed by atoms with Crippen LogP contribution in [0.4, 0.5) is 8.78 Å². The molecule has 3 nitrogen and oxygen atoms in total. The van der Waals surface area contributed by atoms with Crippen molar-refractivity contribution in [2.45, 2.75) is 19.4 Å². The lowest BCUT2D eigenvalue weighted by atomic mass is 10.1. The van der Waals surface area contributed by atoms with Crippen molar-refractivity contribution in [3.8, 4) is 0 Å². The number of aliphatic hydroxyl groups is 1. The van der Waals surface area contributed by atoms with E-state index < -0.39 is 23.1 Å². The largest absolute Gasteiger partial charge is 0.387 e. The standard InChI is InChI=1S/C13H17F2NO2S/c1-8-4-11(15)9(5-10(8)14)12(17)16-6-13(2,18)7-19-3/h4-5,18H,6-7H2,1-3H3,(H,16,17). The summed E-state index contributed by atoms with van der Waals surface area (Å²) in [5.74, 6) is -1.72. The highest BCUT2D eigenvalue weighted by atomic mass is 32.2. The van der Waals surface area contributed by atoms with Crippen molar-refractivity contribution in [3.63, 3.8) is 0 Å². The maximum absolute atomic E-state index is 13.6. The molecule has 106 valence electrons. The van der Waals surface area contributed by atoms with Crippen LogP contribution in [0.1, 0.15) is 22.8 Å². The molecule has 0 heterocycles. The second-order valence-corrected chi connectivity index (χ2v) is 5.56. The quantitative estimate of drug-likeness (QED) is 0.873. The van der Waals surface area contributed by atoms with Crippen LogP contribution in [0.25, 0.3) is 0 Å². The summed E-state index contributed by atoms with van der Waals surface area (Å²) >= 11 is 1.43. The van der Waals surface area contributed by atoms with Gasteiger partial charge in [0.25, 0.3) is 5.91 Å². The first-order valence-electron chi connectivity index (χ1n) is 5.72. The van der Waals surface area contributed by atoms with E-state index >= 15 is 0 Å². The summed E-state index contributed by atoms with van der Waals surface area (Å²) in [6, 6.07) is 1.84. The highest BCUT2D eigenvalue weighted by molar-refractivity contribution is 7.98. The maximum atomic E-state index is 13.6. The summed E-state index contributed by atoms with van der Waals surface area (Å²) in [6.45, 7) is 2.96. The Labute approximate surface area is 115 Å². The van der Waals surface area contributed by atoms with Gasteiger partial charge >= 0.3 is 0 Å². The Morgan fingerprint density at radius 1 is 1.42 bits per heavy atom. The summed E-state index contributed by atoms with van der Waals surface area (Å²) in [5.41, 5.74) is -1.30. The van der Waals surface area contributed by atoms with Gasteiger partial charge in [0.05, 0.1) is 11.2 Å². The molecule has 0 aliphatic rings. The van der Waals surface area contributed by atoms with Gasteiger partial charge in [-0.2, -0.15) is 11.8 Å². The van der Waals surface area contributed by atoms with Crippen LogP contribution in [0.15, 0.2) is 12.1 Å². The van der Waals surface area contributed by atoms with Crippen LogP contribution >= 0.6 is 11.8 Å². The third-order valence-electron chi connectivity index (χ3n) is 2.58. The Morgan fingerprint density at radius 3 is 2.63 bits per heavy atom. The zero-order chi connectivity index (χ0) is 14.6. The SMILES string of the molecule is CSCC(C)(O)CNC(=O)c1cc(F)c(C)cc1F. The normalized spacial score (nSPS) is 14.0. The lowest BCUT2D eigenvalue weighted by Crippen LogP contribution is -2.42. The second-order valence-electron chi connectivity index (χ2n) is 4.69. The highest BCUT2D eigenvalue weighted by Crippen LogP contribution is 2.15. The van der Waals surface area contributed by atoms with E-state index in [4.69, 9.17) is 0 Å². The molecule has 1 unspecified atom stereocenters. The van der Waals surface area contributed by atoms with E-state index in [-0.39, 0.29) is 17.7 Å². The number of hydrogen-bond donors (Lipinski definition) is 2. The Hall–Kier alpha value is -1.14. The van der Waals surface area contributed by atoms with Crippen molar-refractivity contribution in [2.24, 2.45) is 0 Å². The molecule has 0 aliphatic carbocycles. The fraction of sp³-hybridized carbons (Fsp3) is 0.462. The van der Waals surface area contributed by atoms with E-state index in [1.165, 1.54) is 18.7 Å². The number of thioether (sulfide) groups is 1. The molecule has 0 fully saturated rings. The van der Waals surface area contributed by atoms with Crippen molar-refractivity contribution in [1.82, 2.24) is 5.32 Å². The summed E-state index contributed by atoms with van der Waals surface area (Å²) in [6.07, 6.45) is 1.82.